The molecular formula is C19H20ClN3O3. The summed E-state index contributed by atoms with van der Waals surface area (Å²) in [5.41, 5.74) is 1.93. The van der Waals surface area contributed by atoms with Crippen LogP contribution in [0.2, 0.25) is 5.02 Å². The fourth-order valence-corrected chi connectivity index (χ4v) is 2.99. The summed E-state index contributed by atoms with van der Waals surface area (Å²) in [6.07, 6.45) is 2.44. The first-order chi connectivity index (χ1) is 12.6. The smallest absolute Gasteiger partial charge is 0.323 e. The van der Waals surface area contributed by atoms with E-state index in [1.807, 2.05) is 0 Å². The van der Waals surface area contributed by atoms with Gasteiger partial charge in [-0.3, -0.25) is 4.79 Å². The molecule has 1 aliphatic rings. The SMILES string of the molecule is COc1cc(NC(=O)Nc2ccc(Cl)cc2)ccc1N1CCCCC1=O. The highest BCUT2D eigenvalue weighted by Gasteiger charge is 2.22. The molecule has 0 aromatic heterocycles. The average molecular weight is 374 g/mol. The van der Waals surface area contributed by atoms with E-state index in [0.717, 1.165) is 18.5 Å². The van der Waals surface area contributed by atoms with Gasteiger partial charge in [-0.2, -0.15) is 0 Å². The second kappa shape index (κ2) is 8.10. The molecule has 0 unspecified atom stereocenters. The topological polar surface area (TPSA) is 70.7 Å². The number of nitrogens with zero attached hydrogens (tertiary/aromatic N) is 1. The fraction of sp³-hybridized carbons (Fsp3) is 0.263. The summed E-state index contributed by atoms with van der Waals surface area (Å²) in [4.78, 5) is 26.0. The highest BCUT2D eigenvalue weighted by atomic mass is 35.5. The lowest BCUT2D eigenvalue weighted by Gasteiger charge is -2.28. The molecule has 0 aliphatic carbocycles. The largest absolute Gasteiger partial charge is 0.494 e. The van der Waals surface area contributed by atoms with Crippen molar-refractivity contribution in [3.63, 3.8) is 0 Å². The number of amides is 3. The third-order valence-corrected chi connectivity index (χ3v) is 4.41. The molecule has 2 aromatic carbocycles. The van der Waals surface area contributed by atoms with Crippen LogP contribution in [-0.2, 0) is 4.79 Å². The molecule has 26 heavy (non-hydrogen) atoms. The highest BCUT2D eigenvalue weighted by Crippen LogP contribution is 2.33. The van der Waals surface area contributed by atoms with Crippen molar-refractivity contribution in [1.82, 2.24) is 0 Å². The van der Waals surface area contributed by atoms with Gasteiger partial charge in [-0.25, -0.2) is 4.79 Å². The van der Waals surface area contributed by atoms with Crippen molar-refractivity contribution in [3.05, 3.63) is 47.5 Å². The van der Waals surface area contributed by atoms with E-state index in [2.05, 4.69) is 10.6 Å². The van der Waals surface area contributed by atoms with Crippen LogP contribution in [0.3, 0.4) is 0 Å². The van der Waals surface area contributed by atoms with E-state index in [1.165, 1.54) is 0 Å². The summed E-state index contributed by atoms with van der Waals surface area (Å²) in [6.45, 7) is 0.680. The average Bonchev–Trinajstić information content (AvgIpc) is 2.64. The maximum absolute atomic E-state index is 12.1. The number of urea groups is 1. The predicted octanol–water partition coefficient (Wildman–Crippen LogP) is 4.51. The molecule has 1 saturated heterocycles. The van der Waals surface area contributed by atoms with Crippen molar-refractivity contribution in [2.75, 3.05) is 29.2 Å². The van der Waals surface area contributed by atoms with E-state index >= 15 is 0 Å². The van der Waals surface area contributed by atoms with Gasteiger partial charge >= 0.3 is 6.03 Å². The van der Waals surface area contributed by atoms with Gasteiger partial charge in [0.25, 0.3) is 0 Å². The van der Waals surface area contributed by atoms with Crippen LogP contribution in [0.25, 0.3) is 0 Å². The van der Waals surface area contributed by atoms with Gasteiger partial charge in [-0.05, 0) is 49.2 Å². The molecule has 0 spiro atoms. The Hall–Kier alpha value is -2.73. The van der Waals surface area contributed by atoms with Crippen LogP contribution >= 0.6 is 11.6 Å². The Labute approximate surface area is 157 Å². The van der Waals surface area contributed by atoms with Crippen molar-refractivity contribution >= 4 is 40.6 Å². The monoisotopic (exact) mass is 373 g/mol. The molecule has 1 heterocycles. The number of halogens is 1. The molecule has 0 bridgehead atoms. The maximum atomic E-state index is 12.1. The van der Waals surface area contributed by atoms with Crippen molar-refractivity contribution in [3.8, 4) is 5.75 Å². The molecule has 7 heteroatoms. The number of rotatable bonds is 4. The van der Waals surface area contributed by atoms with Gasteiger partial charge in [0.15, 0.2) is 0 Å². The lowest BCUT2D eigenvalue weighted by molar-refractivity contribution is -0.119. The summed E-state index contributed by atoms with van der Waals surface area (Å²) in [5.74, 6) is 0.639. The molecule has 6 nitrogen and oxygen atoms in total. The summed E-state index contributed by atoms with van der Waals surface area (Å²) in [7, 11) is 1.55. The molecule has 2 N–H and O–H groups in total. The van der Waals surface area contributed by atoms with Crippen LogP contribution in [0, 0.1) is 0 Å². The van der Waals surface area contributed by atoms with Gasteiger partial charge < -0.3 is 20.3 Å². The quantitative estimate of drug-likeness (QED) is 0.828. The first-order valence-electron chi connectivity index (χ1n) is 8.39. The van der Waals surface area contributed by atoms with Crippen LogP contribution < -0.4 is 20.3 Å². The number of hydrogen-bond donors (Lipinski definition) is 2. The summed E-state index contributed by atoms with van der Waals surface area (Å²) in [5, 5.41) is 6.08. The first-order valence-corrected chi connectivity index (χ1v) is 8.76. The van der Waals surface area contributed by atoms with Crippen LogP contribution in [0.1, 0.15) is 19.3 Å². The minimum Gasteiger partial charge on any atom is -0.494 e. The Bertz CT molecular complexity index is 808. The molecule has 3 rings (SSSR count). The second-order valence-electron chi connectivity index (χ2n) is 5.98. The minimum atomic E-state index is -0.379. The molecule has 2 aromatic rings. The zero-order chi connectivity index (χ0) is 18.5. The van der Waals surface area contributed by atoms with Crippen molar-refractivity contribution < 1.29 is 14.3 Å². The summed E-state index contributed by atoms with van der Waals surface area (Å²) in [6, 6.07) is 11.7. The Morgan fingerprint density at radius 2 is 1.77 bits per heavy atom. The minimum absolute atomic E-state index is 0.0933. The molecule has 0 radical (unpaired) electrons. The standard InChI is InChI=1S/C19H20ClN3O3/c1-26-17-12-15(9-10-16(17)23-11-3-2-4-18(23)24)22-19(25)21-14-7-5-13(20)6-8-14/h5-10,12H,2-4,11H2,1H3,(H2,21,22,25). The second-order valence-corrected chi connectivity index (χ2v) is 6.41. The lowest BCUT2D eigenvalue weighted by Crippen LogP contribution is -2.35. The van der Waals surface area contributed by atoms with Gasteiger partial charge in [0.05, 0.1) is 12.8 Å². The van der Waals surface area contributed by atoms with Gasteiger partial charge in [-0.1, -0.05) is 11.6 Å². The van der Waals surface area contributed by atoms with E-state index in [0.29, 0.717) is 35.1 Å². The highest BCUT2D eigenvalue weighted by molar-refractivity contribution is 6.30. The van der Waals surface area contributed by atoms with Crippen LogP contribution in [-0.4, -0.2) is 25.6 Å². The molecule has 0 atom stereocenters. The number of carbonyl (C=O) groups excluding carboxylic acids is 2. The third-order valence-electron chi connectivity index (χ3n) is 4.15. The maximum Gasteiger partial charge on any atom is 0.323 e. The Morgan fingerprint density at radius 3 is 2.46 bits per heavy atom. The van der Waals surface area contributed by atoms with Crippen LogP contribution in [0.15, 0.2) is 42.5 Å². The van der Waals surface area contributed by atoms with Gasteiger partial charge in [0, 0.05) is 35.4 Å². The Kier molecular flexibility index (Phi) is 5.63. The van der Waals surface area contributed by atoms with Crippen molar-refractivity contribution in [2.24, 2.45) is 0 Å². The van der Waals surface area contributed by atoms with E-state index in [1.54, 1.807) is 54.5 Å². The number of anilines is 3. The Balaban J connectivity index is 1.71. The lowest BCUT2D eigenvalue weighted by atomic mass is 10.1. The normalized spacial score (nSPS) is 14.1. The number of hydrogen-bond acceptors (Lipinski definition) is 3. The first kappa shape index (κ1) is 18.1. The van der Waals surface area contributed by atoms with Crippen LogP contribution in [0.4, 0.5) is 21.9 Å². The molecule has 1 aliphatic heterocycles. The Morgan fingerprint density at radius 1 is 1.08 bits per heavy atom. The van der Waals surface area contributed by atoms with Gasteiger partial charge in [0.2, 0.25) is 5.91 Å². The molecule has 3 amide bonds. The molecule has 136 valence electrons. The van der Waals surface area contributed by atoms with Gasteiger partial charge in [-0.15, -0.1) is 0 Å². The summed E-state index contributed by atoms with van der Waals surface area (Å²) < 4.78 is 5.42. The molecular weight excluding hydrogens is 354 g/mol. The summed E-state index contributed by atoms with van der Waals surface area (Å²) >= 11 is 5.83. The number of nitrogens with one attached hydrogen (secondary N) is 2. The van der Waals surface area contributed by atoms with E-state index in [4.69, 9.17) is 16.3 Å². The number of piperidine rings is 1. The fourth-order valence-electron chi connectivity index (χ4n) is 2.87. The molecule has 0 saturated carbocycles. The number of carbonyl (C=O) groups is 2. The number of benzene rings is 2. The van der Waals surface area contributed by atoms with Crippen molar-refractivity contribution in [1.29, 1.82) is 0 Å². The van der Waals surface area contributed by atoms with E-state index in [9.17, 15) is 9.59 Å². The zero-order valence-corrected chi connectivity index (χ0v) is 15.2. The van der Waals surface area contributed by atoms with Crippen LogP contribution in [0.5, 0.6) is 5.75 Å². The third kappa shape index (κ3) is 4.26. The molecule has 1 fully saturated rings. The number of methoxy groups -OCH3 is 1. The zero-order valence-electron chi connectivity index (χ0n) is 14.4. The van der Waals surface area contributed by atoms with Crippen molar-refractivity contribution in [2.45, 2.75) is 19.3 Å². The predicted molar refractivity (Wildman–Crippen MR) is 103 cm³/mol. The van der Waals surface area contributed by atoms with E-state index < -0.39 is 0 Å². The van der Waals surface area contributed by atoms with Gasteiger partial charge in [0.1, 0.15) is 5.75 Å². The van der Waals surface area contributed by atoms with E-state index in [-0.39, 0.29) is 11.9 Å². The number of ether oxygens (including phenoxy) is 1.